The van der Waals surface area contributed by atoms with Gasteiger partial charge in [0.2, 0.25) is 5.91 Å². The van der Waals surface area contributed by atoms with Crippen LogP contribution < -0.4 is 10.2 Å². The number of amides is 2. The number of hydrogen-bond acceptors (Lipinski definition) is 7. The predicted octanol–water partition coefficient (Wildman–Crippen LogP) is 2.82. The summed E-state index contributed by atoms with van der Waals surface area (Å²) in [6.45, 7) is 3.05. The number of rotatable bonds is 9. The molecule has 0 unspecified atom stereocenters. The normalized spacial score (nSPS) is 17.5. The molecule has 0 spiro atoms. The van der Waals surface area contributed by atoms with Crippen molar-refractivity contribution in [3.05, 3.63) is 60.2 Å². The SMILES string of the molecule is Cc1ccc(NC(=O)CS[C@H](C)C(=O)OCC(=O)N(c2ccccc2)[C@@H]2CCS(=O)(=O)C2)cc1. The number of sulfone groups is 1. The number of esters is 1. The number of aryl methyl sites for hydroxylation is 1. The summed E-state index contributed by atoms with van der Waals surface area (Å²) in [6, 6.07) is 15.6. The monoisotopic (exact) mass is 504 g/mol. The van der Waals surface area contributed by atoms with Gasteiger partial charge in [0.1, 0.15) is 5.25 Å². The van der Waals surface area contributed by atoms with Crippen molar-refractivity contribution in [3.8, 4) is 0 Å². The van der Waals surface area contributed by atoms with E-state index in [1.165, 1.54) is 4.90 Å². The Labute approximate surface area is 204 Å². The Morgan fingerprint density at radius 3 is 2.41 bits per heavy atom. The van der Waals surface area contributed by atoms with Crippen molar-refractivity contribution in [2.24, 2.45) is 0 Å². The van der Waals surface area contributed by atoms with Gasteiger partial charge in [0, 0.05) is 11.4 Å². The molecule has 2 aromatic carbocycles. The molecule has 10 heteroatoms. The molecule has 1 aliphatic heterocycles. The predicted molar refractivity (Wildman–Crippen MR) is 134 cm³/mol. The van der Waals surface area contributed by atoms with Crippen LogP contribution in [0.1, 0.15) is 18.9 Å². The lowest BCUT2D eigenvalue weighted by Gasteiger charge is -2.28. The maximum Gasteiger partial charge on any atom is 0.319 e. The van der Waals surface area contributed by atoms with Crippen LogP contribution in [0, 0.1) is 6.92 Å². The lowest BCUT2D eigenvalue weighted by atomic mass is 10.2. The molecule has 1 heterocycles. The molecule has 8 nitrogen and oxygen atoms in total. The van der Waals surface area contributed by atoms with E-state index in [1.54, 1.807) is 49.4 Å². The van der Waals surface area contributed by atoms with Crippen LogP contribution in [0.5, 0.6) is 0 Å². The number of nitrogens with zero attached hydrogens (tertiary/aromatic N) is 1. The average Bonchev–Trinajstić information content (AvgIpc) is 3.17. The smallest absolute Gasteiger partial charge is 0.319 e. The fraction of sp³-hybridized carbons (Fsp3) is 0.375. The number of ether oxygens (including phenoxy) is 1. The zero-order valence-electron chi connectivity index (χ0n) is 19.1. The van der Waals surface area contributed by atoms with Gasteiger partial charge in [-0.1, -0.05) is 35.9 Å². The van der Waals surface area contributed by atoms with Crippen LogP contribution in [0.25, 0.3) is 0 Å². The van der Waals surface area contributed by atoms with Gasteiger partial charge in [-0.05, 0) is 44.5 Å². The topological polar surface area (TPSA) is 110 Å². The van der Waals surface area contributed by atoms with Crippen molar-refractivity contribution in [1.29, 1.82) is 0 Å². The minimum absolute atomic E-state index is 0.0202. The number of hydrogen-bond donors (Lipinski definition) is 1. The van der Waals surface area contributed by atoms with Crippen molar-refractivity contribution in [1.82, 2.24) is 0 Å². The highest BCUT2D eigenvalue weighted by Gasteiger charge is 2.36. The molecule has 2 aromatic rings. The van der Waals surface area contributed by atoms with Gasteiger partial charge in [0.25, 0.3) is 5.91 Å². The Morgan fingerprint density at radius 2 is 1.79 bits per heavy atom. The van der Waals surface area contributed by atoms with Gasteiger partial charge in [0.15, 0.2) is 16.4 Å². The number of thioether (sulfide) groups is 1. The van der Waals surface area contributed by atoms with Gasteiger partial charge < -0.3 is 15.0 Å². The quantitative estimate of drug-likeness (QED) is 0.523. The Morgan fingerprint density at radius 1 is 1.12 bits per heavy atom. The molecule has 0 radical (unpaired) electrons. The summed E-state index contributed by atoms with van der Waals surface area (Å²) in [7, 11) is -3.21. The number of nitrogens with one attached hydrogen (secondary N) is 1. The minimum atomic E-state index is -3.21. The van der Waals surface area contributed by atoms with E-state index >= 15 is 0 Å². The zero-order chi connectivity index (χ0) is 24.7. The van der Waals surface area contributed by atoms with E-state index in [1.807, 2.05) is 19.1 Å². The molecule has 0 aromatic heterocycles. The largest absolute Gasteiger partial charge is 0.455 e. The number of carbonyl (C=O) groups excluding carboxylic acids is 3. The van der Waals surface area contributed by atoms with Crippen molar-refractivity contribution >= 4 is 50.8 Å². The highest BCUT2D eigenvalue weighted by atomic mass is 32.2. The number of carbonyl (C=O) groups is 3. The van der Waals surface area contributed by atoms with Gasteiger partial charge in [-0.2, -0.15) is 0 Å². The van der Waals surface area contributed by atoms with E-state index in [0.717, 1.165) is 17.3 Å². The summed E-state index contributed by atoms with van der Waals surface area (Å²) in [5.41, 5.74) is 2.31. The molecule has 3 rings (SSSR count). The fourth-order valence-electron chi connectivity index (χ4n) is 3.55. The molecule has 2 atom stereocenters. The summed E-state index contributed by atoms with van der Waals surface area (Å²) < 4.78 is 29.1. The second-order valence-electron chi connectivity index (χ2n) is 8.13. The highest BCUT2D eigenvalue weighted by Crippen LogP contribution is 2.25. The van der Waals surface area contributed by atoms with Crippen LogP contribution >= 0.6 is 11.8 Å². The molecule has 0 saturated carbocycles. The van der Waals surface area contributed by atoms with Crippen LogP contribution in [0.3, 0.4) is 0 Å². The van der Waals surface area contributed by atoms with Crippen molar-refractivity contribution in [2.45, 2.75) is 31.6 Å². The summed E-state index contributed by atoms with van der Waals surface area (Å²) in [4.78, 5) is 38.9. The first kappa shape index (κ1) is 25.8. The van der Waals surface area contributed by atoms with E-state index in [0.29, 0.717) is 17.8 Å². The summed E-state index contributed by atoms with van der Waals surface area (Å²) in [5.74, 6) is -1.41. The fourth-order valence-corrected chi connectivity index (χ4v) is 5.93. The van der Waals surface area contributed by atoms with Gasteiger partial charge in [0.05, 0.1) is 23.3 Å². The number of para-hydroxylation sites is 1. The van der Waals surface area contributed by atoms with Crippen LogP contribution in [-0.2, 0) is 29.0 Å². The molecule has 0 aliphatic carbocycles. The van der Waals surface area contributed by atoms with E-state index in [9.17, 15) is 22.8 Å². The maximum absolute atomic E-state index is 12.9. The van der Waals surface area contributed by atoms with Gasteiger partial charge in [-0.15, -0.1) is 11.8 Å². The Kier molecular flexibility index (Phi) is 8.73. The van der Waals surface area contributed by atoms with E-state index in [4.69, 9.17) is 4.74 Å². The van der Waals surface area contributed by atoms with Crippen molar-refractivity contribution < 1.29 is 27.5 Å². The van der Waals surface area contributed by atoms with Crippen LogP contribution in [0.15, 0.2) is 54.6 Å². The van der Waals surface area contributed by atoms with Crippen molar-refractivity contribution in [3.63, 3.8) is 0 Å². The van der Waals surface area contributed by atoms with Gasteiger partial charge >= 0.3 is 5.97 Å². The molecular formula is C24H28N2O6S2. The molecule has 1 fully saturated rings. The first-order chi connectivity index (χ1) is 16.1. The van der Waals surface area contributed by atoms with E-state index in [-0.39, 0.29) is 23.2 Å². The van der Waals surface area contributed by atoms with Crippen LogP contribution in [-0.4, -0.2) is 61.4 Å². The van der Waals surface area contributed by atoms with Gasteiger partial charge in [-0.25, -0.2) is 8.42 Å². The maximum atomic E-state index is 12.9. The van der Waals surface area contributed by atoms with E-state index < -0.39 is 39.6 Å². The minimum Gasteiger partial charge on any atom is -0.455 e. The second-order valence-corrected chi connectivity index (χ2v) is 11.7. The Hall–Kier alpha value is -2.85. The van der Waals surface area contributed by atoms with Crippen molar-refractivity contribution in [2.75, 3.05) is 34.1 Å². The first-order valence-electron chi connectivity index (χ1n) is 10.9. The van der Waals surface area contributed by atoms with E-state index in [2.05, 4.69) is 5.32 Å². The Balaban J connectivity index is 1.52. The van der Waals surface area contributed by atoms with Gasteiger partial charge in [-0.3, -0.25) is 14.4 Å². The lowest BCUT2D eigenvalue weighted by Crippen LogP contribution is -2.44. The molecule has 2 amide bonds. The third-order valence-corrected chi connectivity index (χ3v) is 8.22. The number of anilines is 2. The average molecular weight is 505 g/mol. The zero-order valence-corrected chi connectivity index (χ0v) is 20.7. The Bertz CT molecular complexity index is 1120. The first-order valence-corrected chi connectivity index (χ1v) is 13.7. The summed E-state index contributed by atoms with van der Waals surface area (Å²) in [6.07, 6.45) is 0.333. The summed E-state index contributed by atoms with van der Waals surface area (Å²) >= 11 is 1.11. The van der Waals surface area contributed by atoms with Crippen LogP contribution in [0.4, 0.5) is 11.4 Å². The second kappa shape index (κ2) is 11.5. The molecule has 1 aliphatic rings. The molecule has 34 heavy (non-hydrogen) atoms. The standard InChI is InChI=1S/C24H28N2O6S2/c1-17-8-10-19(11-9-17)25-22(27)15-33-18(2)24(29)32-14-23(28)26(20-6-4-3-5-7-20)21-12-13-34(30,31)16-21/h3-11,18,21H,12-16H2,1-2H3,(H,25,27)/t18-,21-/m1/s1. The summed E-state index contributed by atoms with van der Waals surface area (Å²) in [5, 5.41) is 2.10. The lowest BCUT2D eigenvalue weighted by molar-refractivity contribution is -0.147. The third kappa shape index (κ3) is 7.33. The third-order valence-electron chi connectivity index (χ3n) is 5.35. The van der Waals surface area contributed by atoms with Crippen LogP contribution in [0.2, 0.25) is 0 Å². The molecule has 0 bridgehead atoms. The molecule has 1 saturated heterocycles. The highest BCUT2D eigenvalue weighted by molar-refractivity contribution is 8.01. The molecule has 182 valence electrons. The molecular weight excluding hydrogens is 476 g/mol. The number of benzene rings is 2. The molecule has 1 N–H and O–H groups in total.